The van der Waals surface area contributed by atoms with Crippen LogP contribution >= 0.6 is 0 Å². The van der Waals surface area contributed by atoms with Gasteiger partial charge in [-0.05, 0) is 6.42 Å². The molecular formula is C75H123N3O57. The van der Waals surface area contributed by atoms with E-state index in [4.69, 9.17) is 90.0 Å². The smallest absolute Gasteiger partial charge is 0.367 e. The van der Waals surface area contributed by atoms with Crippen molar-refractivity contribution in [2.24, 2.45) is 22.7 Å². The first-order chi connectivity index (χ1) is 63.7. The van der Waals surface area contributed by atoms with Crippen LogP contribution < -0.4 is 10.6 Å². The Hall–Kier alpha value is -4.65. The number of amides is 2. The number of nitrogens with zero attached hydrogens (tertiary/aromatic N) is 1. The van der Waals surface area contributed by atoms with Crippen molar-refractivity contribution in [2.45, 2.75) is 339 Å². The number of hydrogen-bond donors (Lipinski definition) is 36. The molecule has 36 N–H and O–H groups in total. The van der Waals surface area contributed by atoms with Gasteiger partial charge >= 0.3 is 11.9 Å². The molecule has 60 heteroatoms. The Bertz CT molecular complexity index is 3800. The van der Waals surface area contributed by atoms with Crippen LogP contribution in [0.1, 0.15) is 27.2 Å². The fourth-order valence-corrected chi connectivity index (χ4v) is 18.3. The molecular weight excluding hydrogens is 1850 g/mol. The molecule has 2 amide bonds. The van der Waals surface area contributed by atoms with Crippen LogP contribution in [-0.2, 0) is 109 Å². The van der Waals surface area contributed by atoms with E-state index in [9.17, 15) is 193 Å². The van der Waals surface area contributed by atoms with Crippen LogP contribution in [0.2, 0.25) is 0 Å². The predicted molar refractivity (Wildman–Crippen MR) is 412 cm³/mol. The molecule has 22 unspecified atom stereocenters. The third-order valence-corrected chi connectivity index (χ3v) is 25.7. The number of rotatable bonds is 38. The lowest BCUT2D eigenvalue weighted by atomic mass is 9.78. The number of carbonyl (C=O) groups is 4. The van der Waals surface area contributed by atoms with Crippen molar-refractivity contribution >= 4 is 29.7 Å². The summed E-state index contributed by atoms with van der Waals surface area (Å²) in [6.07, 6.45) is -102. The lowest BCUT2D eigenvalue weighted by Gasteiger charge is -2.51. The summed E-state index contributed by atoms with van der Waals surface area (Å²) in [5.74, 6) is -19.4. The molecule has 1 aliphatic carbocycles. The minimum atomic E-state index is -3.48. The van der Waals surface area contributed by atoms with Gasteiger partial charge < -0.3 is 274 Å². The summed E-state index contributed by atoms with van der Waals surface area (Å²) in [5, 5.41) is 382. The van der Waals surface area contributed by atoms with E-state index < -0.39 is 439 Å². The van der Waals surface area contributed by atoms with Gasteiger partial charge in [0.2, 0.25) is 18.1 Å². The van der Waals surface area contributed by atoms with Crippen molar-refractivity contribution in [1.82, 2.24) is 10.6 Å². The van der Waals surface area contributed by atoms with E-state index in [1.165, 1.54) is 6.92 Å². The second kappa shape index (κ2) is 46.8. The molecule has 0 radical (unpaired) electrons. The fraction of sp³-hybridized carbons (Fsp3) is 0.933. The maximum absolute atomic E-state index is 13.2. The van der Waals surface area contributed by atoms with Crippen molar-refractivity contribution in [3.05, 3.63) is 0 Å². The lowest BCUT2D eigenvalue weighted by Crippen LogP contribution is -2.71. The van der Waals surface area contributed by atoms with Gasteiger partial charge in [-0.1, -0.05) is 0 Å². The van der Waals surface area contributed by atoms with Crippen molar-refractivity contribution in [3.63, 3.8) is 0 Å². The second-order valence-corrected chi connectivity index (χ2v) is 34.5. The number of carboxylic acid groups (broad SMARTS) is 2. The maximum Gasteiger partial charge on any atom is 0.367 e. The van der Waals surface area contributed by atoms with E-state index in [-0.39, 0.29) is 5.90 Å². The molecule has 0 aromatic heterocycles. The summed E-state index contributed by atoms with van der Waals surface area (Å²) < 4.78 is 112. The second-order valence-electron chi connectivity index (χ2n) is 34.5. The first-order valence-corrected chi connectivity index (χ1v) is 42.9. The Morgan fingerprint density at radius 2 is 0.741 bits per heavy atom. The van der Waals surface area contributed by atoms with E-state index in [1.807, 2.05) is 0 Å². The normalized spacial score (nSPS) is 48.5. The summed E-state index contributed by atoms with van der Waals surface area (Å²) in [5.41, 5.74) is 0. The maximum atomic E-state index is 13.2. The number of nitrogens with one attached hydrogen (secondary N) is 2. The number of carboxylic acids is 2. The molecule has 60 nitrogen and oxygen atoms in total. The van der Waals surface area contributed by atoms with Crippen LogP contribution in [0.5, 0.6) is 0 Å². The zero-order valence-electron chi connectivity index (χ0n) is 71.8. The standard InChI is InChI=1S/C75H123N3O57/c1-17(88)76-35-47(101)58(130-68-54(108)50(104)44(98)31(127-68)15-118-74(72(113)114)63(111)33(39(93)21(90)6-80)41(95)25(9-83)134-74)28(12-86)124-66(35)129-57-23(4-20(5-79)38(92)52(57)106)121-61-46(100)30(126-70(56(61)110)132-60-27(11-85)123-65-37(49(60)103)78-19(3)120-65)14-117-71-62(53(107)43(97)24(8-82)122-71)133-67-36(77-18(2)89)48(102)59(29(13-87)125-67)131-69-55(109)51(105)45(99)32(128-69)16-119-75(73(115)116)64(112)34(40(94)22(91)7-81)42(96)26(10-84)135-75/h20-71,79-87,90-112H,4-16H2,1-3H3,(H,76,88)(H,77,89)(H,113,114)(H,115,116)/t20-,21+,22+,23-,24?,25-,26-,27?,28?,29?,30?,31?,32?,33?,34?,35?,36?,37?,38+,39?,40?,41+,42+,43+,44-,45-,46+,47+,48+,49+,50-,51-,52?,53-,54?,55?,56?,57?,58+,59+,60+,61-,62?,63?,64?,65+,66-,67-,68-,69-,70-,71-,74-,75-/m0/s1. The van der Waals surface area contributed by atoms with Crippen LogP contribution in [-0.4, -0.2) is 594 Å². The highest BCUT2D eigenvalue weighted by Crippen LogP contribution is 2.45. The molecule has 10 fully saturated rings. The van der Waals surface area contributed by atoms with Gasteiger partial charge in [0.1, 0.15) is 220 Å². The summed E-state index contributed by atoms with van der Waals surface area (Å²) in [6.45, 7) is -11.3. The number of aliphatic imine (C=N–C) groups is 1. The minimum absolute atomic E-state index is 0.0107. The van der Waals surface area contributed by atoms with E-state index in [0.29, 0.717) is 0 Å². The molecule has 135 heavy (non-hydrogen) atoms. The highest BCUT2D eigenvalue weighted by Gasteiger charge is 2.67. The SMILES string of the molecule is CC(=O)NC1[C@H](OC2C(O)[C@H](O)[C@H](CO)C[C@@H]2O[C@@H]2C(O)[C@H](O[C@@H]3C(CO)O[C@H]4OC(C)=NC4[C@H]3O)OC(CO[C@H]3OC(CO)[C@@H](O)[C@H](O)C3O[C@@H]3OC(CO)[C@@H](O[C@@H]4OC(CO[C@]5(C(=O)O)O[C@@H](CO)[C@@H](O)C(C(O)[C@H](O)CO)C5O)[C@H](O)[C@H](O)C4O)[C@H](O)C3NC(C)=O)[C@H]2O)OC(CO)[C@@H](O[C@@H]2OC(CO[C@]3(C(=O)O)O[C@@H](CO)[C@@H](O)C(C(O)[C@H](O)CO)C3O)[C@H](O)[C@H](O)C2O)[C@@H]1O. The van der Waals surface area contributed by atoms with Gasteiger partial charge in [0, 0.05) is 45.1 Å². The molecule has 0 aromatic carbocycles. The van der Waals surface area contributed by atoms with E-state index in [0.717, 1.165) is 13.8 Å². The van der Waals surface area contributed by atoms with Crippen LogP contribution in [0.25, 0.3) is 0 Å². The average Bonchev–Trinajstić information content (AvgIpc) is 1.70. The van der Waals surface area contributed by atoms with Crippen LogP contribution in [0.3, 0.4) is 0 Å². The molecule has 11 rings (SSSR count). The largest absolute Gasteiger partial charge is 0.477 e. The van der Waals surface area contributed by atoms with Gasteiger partial charge in [-0.3, -0.25) is 9.59 Å². The van der Waals surface area contributed by atoms with Gasteiger partial charge in [-0.25, -0.2) is 14.6 Å². The Labute approximate surface area is 761 Å². The van der Waals surface area contributed by atoms with Gasteiger partial charge in [-0.15, -0.1) is 0 Å². The molecule has 0 bridgehead atoms. The third-order valence-electron chi connectivity index (χ3n) is 25.7. The zero-order valence-corrected chi connectivity index (χ0v) is 71.8. The molecule has 1 saturated carbocycles. The number of fused-ring (bicyclic) bond motifs is 1. The van der Waals surface area contributed by atoms with Crippen molar-refractivity contribution in [1.29, 1.82) is 0 Å². The molecule has 9 saturated heterocycles. The highest BCUT2D eigenvalue weighted by molar-refractivity contribution is 5.78. The Balaban J connectivity index is 0.845. The number of carbonyl (C=O) groups excluding carboxylic acids is 2. The first-order valence-electron chi connectivity index (χ1n) is 42.9. The number of ether oxygens (including phenoxy) is 19. The van der Waals surface area contributed by atoms with Gasteiger partial charge in [0.05, 0.1) is 109 Å². The Morgan fingerprint density at radius 1 is 0.370 bits per heavy atom. The minimum Gasteiger partial charge on any atom is -0.477 e. The zero-order chi connectivity index (χ0) is 99.7. The molecule has 54 atom stereocenters. The van der Waals surface area contributed by atoms with Crippen LogP contribution in [0.4, 0.5) is 0 Å². The van der Waals surface area contributed by atoms with E-state index in [2.05, 4.69) is 15.6 Å². The van der Waals surface area contributed by atoms with Gasteiger partial charge in [0.25, 0.3) is 11.6 Å². The van der Waals surface area contributed by atoms with Crippen molar-refractivity contribution in [3.8, 4) is 0 Å². The number of aliphatic hydroxyl groups is 32. The van der Waals surface area contributed by atoms with E-state index in [1.54, 1.807) is 0 Å². The van der Waals surface area contributed by atoms with Gasteiger partial charge in [0.15, 0.2) is 43.6 Å². The Kier molecular flexibility index (Phi) is 38.4. The lowest BCUT2D eigenvalue weighted by molar-refractivity contribution is -0.385. The summed E-state index contributed by atoms with van der Waals surface area (Å²) in [6, 6.07) is -5.44. The number of aliphatic hydroxyl groups excluding tert-OH is 32. The Morgan fingerprint density at radius 3 is 1.15 bits per heavy atom. The van der Waals surface area contributed by atoms with Crippen molar-refractivity contribution in [2.75, 3.05) is 79.3 Å². The van der Waals surface area contributed by atoms with E-state index >= 15 is 0 Å². The average molecular weight is 1980 g/mol. The van der Waals surface area contributed by atoms with Gasteiger partial charge in [-0.2, -0.15) is 0 Å². The first kappa shape index (κ1) is 111. The molecule has 10 heterocycles. The van der Waals surface area contributed by atoms with Crippen LogP contribution in [0, 0.1) is 17.8 Å². The number of aliphatic carboxylic acids is 2. The molecule has 0 spiro atoms. The highest BCUT2D eigenvalue weighted by atomic mass is 16.8. The summed E-state index contributed by atoms with van der Waals surface area (Å²) >= 11 is 0. The monoisotopic (exact) mass is 1980 g/mol. The molecule has 11 aliphatic rings. The quantitative estimate of drug-likeness (QED) is 0.0273. The third kappa shape index (κ3) is 22.6. The fourth-order valence-electron chi connectivity index (χ4n) is 18.3. The summed E-state index contributed by atoms with van der Waals surface area (Å²) in [4.78, 5) is 56.6. The molecule has 0 aromatic rings. The molecule has 10 aliphatic heterocycles. The topological polar surface area (TPSA) is 968 Å². The molecule has 780 valence electrons. The predicted octanol–water partition coefficient (Wildman–Crippen LogP) is -23.5. The summed E-state index contributed by atoms with van der Waals surface area (Å²) in [7, 11) is 0. The number of hydrogen-bond acceptors (Lipinski definition) is 56. The van der Waals surface area contributed by atoms with Crippen LogP contribution in [0.15, 0.2) is 4.99 Å². The van der Waals surface area contributed by atoms with Crippen molar-refractivity contribution < 1.29 is 283 Å².